The molecule has 17 heavy (non-hydrogen) atoms. The van der Waals surface area contributed by atoms with Crippen molar-refractivity contribution < 1.29 is 0 Å². The Labute approximate surface area is 104 Å². The van der Waals surface area contributed by atoms with Crippen LogP contribution >= 0.6 is 0 Å². The third-order valence-corrected chi connectivity index (χ3v) is 3.94. The minimum Gasteiger partial charge on any atom is -0.370 e. The Hall–Kier alpha value is -1.09. The molecule has 0 bridgehead atoms. The zero-order chi connectivity index (χ0) is 12.4. The van der Waals surface area contributed by atoms with Crippen LogP contribution in [-0.4, -0.2) is 18.1 Å². The van der Waals surface area contributed by atoms with E-state index in [-0.39, 0.29) is 6.04 Å². The van der Waals surface area contributed by atoms with E-state index in [0.717, 1.165) is 37.0 Å². The van der Waals surface area contributed by atoms with E-state index in [4.69, 9.17) is 5.73 Å². The van der Waals surface area contributed by atoms with Crippen LogP contribution in [0.5, 0.6) is 0 Å². The molecule has 2 unspecified atom stereocenters. The molecule has 1 aliphatic heterocycles. The molecule has 0 amide bonds. The van der Waals surface area contributed by atoms with E-state index in [1.807, 2.05) is 6.20 Å². The van der Waals surface area contributed by atoms with Crippen LogP contribution in [0.1, 0.15) is 38.9 Å². The lowest BCUT2D eigenvalue weighted by atomic mass is 10.0. The summed E-state index contributed by atoms with van der Waals surface area (Å²) >= 11 is 0. The van der Waals surface area contributed by atoms with Crippen LogP contribution in [-0.2, 0) is 0 Å². The van der Waals surface area contributed by atoms with Gasteiger partial charge in [-0.15, -0.1) is 0 Å². The van der Waals surface area contributed by atoms with Gasteiger partial charge < -0.3 is 10.6 Å². The monoisotopic (exact) mass is 233 g/mol. The van der Waals surface area contributed by atoms with Gasteiger partial charge in [0.25, 0.3) is 0 Å². The van der Waals surface area contributed by atoms with Gasteiger partial charge >= 0.3 is 0 Å². The lowest BCUT2D eigenvalue weighted by molar-refractivity contribution is 0.494. The van der Waals surface area contributed by atoms with E-state index in [9.17, 15) is 0 Å². The maximum atomic E-state index is 5.97. The van der Waals surface area contributed by atoms with Crippen molar-refractivity contribution in [2.24, 2.45) is 17.6 Å². The summed E-state index contributed by atoms with van der Waals surface area (Å²) in [6.07, 6.45) is 2.90. The van der Waals surface area contributed by atoms with E-state index in [0.29, 0.717) is 0 Å². The van der Waals surface area contributed by atoms with Gasteiger partial charge in [-0.3, -0.25) is 4.98 Å². The highest BCUT2D eigenvalue weighted by Gasteiger charge is 2.26. The summed E-state index contributed by atoms with van der Waals surface area (Å²) in [7, 11) is 0. The summed E-state index contributed by atoms with van der Waals surface area (Å²) in [4.78, 5) is 6.90. The Balaban J connectivity index is 2.08. The van der Waals surface area contributed by atoms with Crippen LogP contribution in [0.15, 0.2) is 18.3 Å². The van der Waals surface area contributed by atoms with Gasteiger partial charge in [-0.1, -0.05) is 20.8 Å². The highest BCUT2D eigenvalue weighted by Crippen LogP contribution is 2.27. The third-order valence-electron chi connectivity index (χ3n) is 3.94. The summed E-state index contributed by atoms with van der Waals surface area (Å²) in [5.41, 5.74) is 8.19. The molecule has 1 aliphatic rings. The number of rotatable bonds is 3. The van der Waals surface area contributed by atoms with Gasteiger partial charge in [-0.2, -0.15) is 0 Å². The number of aromatic nitrogens is 1. The molecule has 3 nitrogen and oxygen atoms in total. The Morgan fingerprint density at radius 1 is 1.35 bits per heavy atom. The van der Waals surface area contributed by atoms with Crippen molar-refractivity contribution in [3.8, 4) is 0 Å². The molecule has 0 aliphatic carbocycles. The number of anilines is 1. The second-order valence-electron chi connectivity index (χ2n) is 5.32. The van der Waals surface area contributed by atoms with Crippen LogP contribution in [0, 0.1) is 11.8 Å². The first-order chi connectivity index (χ1) is 8.11. The molecular formula is C14H23N3. The van der Waals surface area contributed by atoms with Crippen molar-refractivity contribution in [1.82, 2.24) is 4.98 Å². The molecule has 94 valence electrons. The van der Waals surface area contributed by atoms with Gasteiger partial charge in [-0.05, 0) is 30.4 Å². The molecule has 1 saturated heterocycles. The standard InChI is InChI=1S/C14H23N3/c1-4-13(15)14-6-5-12(7-16-14)17-8-10(2)11(3)9-17/h5-7,10-11,13H,4,8-9,15H2,1-3H3/t10?,11?,13-/m1/s1. The molecule has 2 rings (SSSR count). The lowest BCUT2D eigenvalue weighted by Gasteiger charge is -2.18. The van der Waals surface area contributed by atoms with Crippen molar-refractivity contribution in [1.29, 1.82) is 0 Å². The van der Waals surface area contributed by atoms with Crippen LogP contribution in [0.25, 0.3) is 0 Å². The van der Waals surface area contributed by atoms with Gasteiger partial charge in [0.05, 0.1) is 17.6 Å². The van der Waals surface area contributed by atoms with Gasteiger partial charge in [0, 0.05) is 19.1 Å². The average molecular weight is 233 g/mol. The predicted octanol–water partition coefficient (Wildman–Crippen LogP) is 2.58. The molecule has 0 aromatic carbocycles. The maximum absolute atomic E-state index is 5.97. The molecule has 3 atom stereocenters. The van der Waals surface area contributed by atoms with Gasteiger partial charge in [0.15, 0.2) is 0 Å². The van der Waals surface area contributed by atoms with Gasteiger partial charge in [0.1, 0.15) is 0 Å². The lowest BCUT2D eigenvalue weighted by Crippen LogP contribution is -2.20. The predicted molar refractivity (Wildman–Crippen MR) is 72.0 cm³/mol. The summed E-state index contributed by atoms with van der Waals surface area (Å²) < 4.78 is 0. The highest BCUT2D eigenvalue weighted by molar-refractivity contribution is 5.46. The zero-order valence-corrected chi connectivity index (χ0v) is 11.1. The molecule has 2 heterocycles. The Kier molecular flexibility index (Phi) is 3.67. The molecule has 0 radical (unpaired) electrons. The summed E-state index contributed by atoms with van der Waals surface area (Å²) in [6, 6.07) is 4.29. The molecule has 2 N–H and O–H groups in total. The molecule has 0 saturated carbocycles. The Morgan fingerprint density at radius 2 is 2.00 bits per heavy atom. The molecule has 0 spiro atoms. The molecule has 1 aromatic rings. The second-order valence-corrected chi connectivity index (χ2v) is 5.32. The summed E-state index contributed by atoms with van der Waals surface area (Å²) in [6.45, 7) is 9.01. The van der Waals surface area contributed by atoms with E-state index >= 15 is 0 Å². The topological polar surface area (TPSA) is 42.1 Å². The molecule has 3 heteroatoms. The summed E-state index contributed by atoms with van der Waals surface area (Å²) in [5, 5.41) is 0. The fourth-order valence-corrected chi connectivity index (χ4v) is 2.35. The smallest absolute Gasteiger partial charge is 0.0572 e. The van der Waals surface area contributed by atoms with Gasteiger partial charge in [-0.25, -0.2) is 0 Å². The largest absolute Gasteiger partial charge is 0.370 e. The Morgan fingerprint density at radius 3 is 2.47 bits per heavy atom. The first kappa shape index (κ1) is 12.4. The van der Waals surface area contributed by atoms with Crippen LogP contribution in [0.4, 0.5) is 5.69 Å². The fourth-order valence-electron chi connectivity index (χ4n) is 2.35. The van der Waals surface area contributed by atoms with Crippen molar-refractivity contribution >= 4 is 5.69 Å². The normalized spacial score (nSPS) is 26.2. The molecular weight excluding hydrogens is 210 g/mol. The first-order valence-electron chi connectivity index (χ1n) is 6.58. The van der Waals surface area contributed by atoms with Crippen molar-refractivity contribution in [3.05, 3.63) is 24.0 Å². The minimum absolute atomic E-state index is 0.0699. The SMILES string of the molecule is CC[C@@H](N)c1ccc(N2CC(C)C(C)C2)cn1. The molecule has 1 fully saturated rings. The first-order valence-corrected chi connectivity index (χ1v) is 6.58. The Bertz CT molecular complexity index is 350. The average Bonchev–Trinajstić information content (AvgIpc) is 2.69. The highest BCUT2D eigenvalue weighted by atomic mass is 15.2. The number of nitrogens with two attached hydrogens (primary N) is 1. The van der Waals surface area contributed by atoms with Crippen molar-refractivity contribution in [2.75, 3.05) is 18.0 Å². The summed E-state index contributed by atoms with van der Waals surface area (Å²) in [5.74, 6) is 1.54. The number of hydrogen-bond donors (Lipinski definition) is 1. The van der Waals surface area contributed by atoms with Gasteiger partial charge in [0.2, 0.25) is 0 Å². The van der Waals surface area contributed by atoms with Crippen molar-refractivity contribution in [2.45, 2.75) is 33.2 Å². The third kappa shape index (κ3) is 2.60. The van der Waals surface area contributed by atoms with Crippen molar-refractivity contribution in [3.63, 3.8) is 0 Å². The van der Waals surface area contributed by atoms with E-state index in [1.54, 1.807) is 0 Å². The quantitative estimate of drug-likeness (QED) is 0.872. The number of hydrogen-bond acceptors (Lipinski definition) is 3. The number of nitrogens with zero attached hydrogens (tertiary/aromatic N) is 2. The van der Waals surface area contributed by atoms with E-state index < -0.39 is 0 Å². The van der Waals surface area contributed by atoms with Crippen LogP contribution in [0.3, 0.4) is 0 Å². The fraction of sp³-hybridized carbons (Fsp3) is 0.643. The van der Waals surface area contributed by atoms with Crippen LogP contribution in [0.2, 0.25) is 0 Å². The number of pyridine rings is 1. The minimum atomic E-state index is 0.0699. The maximum Gasteiger partial charge on any atom is 0.0572 e. The zero-order valence-electron chi connectivity index (χ0n) is 11.1. The van der Waals surface area contributed by atoms with E-state index in [1.165, 1.54) is 5.69 Å². The second kappa shape index (κ2) is 5.05. The molecule has 1 aromatic heterocycles. The van der Waals surface area contributed by atoms with Crippen LogP contribution < -0.4 is 10.6 Å². The van der Waals surface area contributed by atoms with E-state index in [2.05, 4.69) is 42.8 Å².